The molecule has 4 heterocycles. The third kappa shape index (κ3) is 2.98. The molecular weight excluding hydrogens is 346 g/mol. The van der Waals surface area contributed by atoms with Crippen molar-refractivity contribution in [2.45, 2.75) is 44.1 Å². The summed E-state index contributed by atoms with van der Waals surface area (Å²) in [5.74, 6) is -0.0493. The maximum absolute atomic E-state index is 11.3. The highest BCUT2D eigenvalue weighted by molar-refractivity contribution is 5.82. The van der Waals surface area contributed by atoms with Crippen LogP contribution in [0.1, 0.15) is 19.6 Å². The second kappa shape index (κ2) is 6.76. The smallest absolute Gasteiger partial charge is 0.303 e. The lowest BCUT2D eigenvalue weighted by Gasteiger charge is -2.20. The fourth-order valence-electron chi connectivity index (χ4n) is 3.16. The first-order valence-electron chi connectivity index (χ1n) is 8.25. The number of carbonyl (C=O) groups is 1. The Morgan fingerprint density at radius 1 is 1.38 bits per heavy atom. The molecule has 2 aromatic heterocycles. The number of carbonyl (C=O) groups excluding carboxylic acids is 1. The van der Waals surface area contributed by atoms with Crippen LogP contribution in [-0.2, 0) is 19.0 Å². The molecule has 0 bridgehead atoms. The number of imidazole rings is 1. The van der Waals surface area contributed by atoms with Crippen molar-refractivity contribution in [3.8, 4) is 0 Å². The number of hydrogen-bond donors (Lipinski definition) is 3. The molecule has 0 saturated carbocycles. The Balaban J connectivity index is 1.67. The second-order valence-electron chi connectivity index (χ2n) is 6.23. The summed E-state index contributed by atoms with van der Waals surface area (Å²) in [6, 6.07) is 0.137. The molecule has 2 saturated heterocycles. The van der Waals surface area contributed by atoms with E-state index in [1.54, 1.807) is 0 Å². The summed E-state index contributed by atoms with van der Waals surface area (Å²) in [4.78, 5) is 24.1. The predicted molar refractivity (Wildman–Crippen MR) is 85.9 cm³/mol. The molecule has 11 nitrogen and oxygen atoms in total. The monoisotopic (exact) mass is 365 g/mol. The summed E-state index contributed by atoms with van der Waals surface area (Å²) in [5.41, 5.74) is 0.922. The van der Waals surface area contributed by atoms with E-state index in [1.807, 2.05) is 0 Å². The van der Waals surface area contributed by atoms with Crippen molar-refractivity contribution in [2.24, 2.45) is 0 Å². The molecule has 0 amide bonds. The van der Waals surface area contributed by atoms with E-state index < -0.39 is 30.7 Å². The topological polar surface area (TPSA) is 141 Å². The van der Waals surface area contributed by atoms with Crippen molar-refractivity contribution in [1.82, 2.24) is 19.5 Å². The summed E-state index contributed by atoms with van der Waals surface area (Å²) < 4.78 is 17.3. The number of hydrogen-bond acceptors (Lipinski definition) is 10. The molecule has 0 aliphatic carbocycles. The van der Waals surface area contributed by atoms with Crippen molar-refractivity contribution < 1.29 is 29.2 Å². The van der Waals surface area contributed by atoms with Gasteiger partial charge in [-0.25, -0.2) is 15.0 Å². The number of nitrogens with one attached hydrogen (secondary N) is 1. The van der Waals surface area contributed by atoms with Crippen LogP contribution in [0.2, 0.25) is 0 Å². The lowest BCUT2D eigenvalue weighted by molar-refractivity contribution is -0.156. The highest BCUT2D eigenvalue weighted by atomic mass is 16.7. The highest BCUT2D eigenvalue weighted by Gasteiger charge is 2.47. The number of ether oxygens (including phenoxy) is 3. The number of aliphatic hydroxyl groups excluding tert-OH is 2. The summed E-state index contributed by atoms with van der Waals surface area (Å²) in [5, 5.41) is 23.1. The van der Waals surface area contributed by atoms with Gasteiger partial charge in [0, 0.05) is 13.5 Å². The van der Waals surface area contributed by atoms with Crippen molar-refractivity contribution in [1.29, 1.82) is 0 Å². The predicted octanol–water partition coefficient (Wildman–Crippen LogP) is -0.833. The molecule has 0 radical (unpaired) electrons. The zero-order chi connectivity index (χ0) is 18.3. The molecule has 3 N–H and O–H groups in total. The first-order valence-corrected chi connectivity index (χ1v) is 8.25. The van der Waals surface area contributed by atoms with Gasteiger partial charge in [-0.3, -0.25) is 9.36 Å². The Morgan fingerprint density at radius 2 is 2.23 bits per heavy atom. The van der Waals surface area contributed by atoms with E-state index >= 15 is 0 Å². The van der Waals surface area contributed by atoms with Crippen LogP contribution in [0.4, 0.5) is 5.82 Å². The molecule has 5 atom stereocenters. The zero-order valence-electron chi connectivity index (χ0n) is 14.0. The maximum atomic E-state index is 11.3. The molecule has 140 valence electrons. The summed E-state index contributed by atoms with van der Waals surface area (Å²) in [6.45, 7) is 2.50. The molecule has 26 heavy (non-hydrogen) atoms. The van der Waals surface area contributed by atoms with E-state index in [9.17, 15) is 15.0 Å². The number of esters is 1. The summed E-state index contributed by atoms with van der Waals surface area (Å²) in [6.07, 6.45) is -1.23. The van der Waals surface area contributed by atoms with E-state index in [0.29, 0.717) is 30.2 Å². The van der Waals surface area contributed by atoms with Crippen molar-refractivity contribution in [3.63, 3.8) is 0 Å². The minimum atomic E-state index is -1.49. The third-order valence-corrected chi connectivity index (χ3v) is 4.39. The van der Waals surface area contributed by atoms with Crippen LogP contribution in [-0.4, -0.2) is 73.5 Å². The zero-order valence-corrected chi connectivity index (χ0v) is 14.0. The molecule has 0 unspecified atom stereocenters. The Labute approximate surface area is 147 Å². The van der Waals surface area contributed by atoms with E-state index in [4.69, 9.17) is 14.2 Å². The number of rotatable bonds is 4. The van der Waals surface area contributed by atoms with Gasteiger partial charge in [0.05, 0.1) is 19.0 Å². The van der Waals surface area contributed by atoms with E-state index in [-0.39, 0.29) is 6.04 Å². The fraction of sp³-hybridized carbons (Fsp3) is 0.600. The maximum Gasteiger partial charge on any atom is 0.303 e. The second-order valence-corrected chi connectivity index (χ2v) is 6.23. The van der Waals surface area contributed by atoms with Gasteiger partial charge in [-0.1, -0.05) is 0 Å². The standard InChI is InChI=1S/C15H19N5O6/c1-7(21)25-11-10(22)15(23)26-14(11)20-6-18-9-12(16-5-17-13(9)20)19-8-2-3-24-4-8/h5-6,8,10-11,14-15,22-23H,2-4H2,1H3,(H,16,17,19)/t8-,10+,11-,14-,15+/m1/s1. The van der Waals surface area contributed by atoms with E-state index in [0.717, 1.165) is 6.42 Å². The molecule has 2 aliphatic rings. The Bertz CT molecular complexity index is 807. The van der Waals surface area contributed by atoms with Crippen LogP contribution in [0, 0.1) is 0 Å². The highest BCUT2D eigenvalue weighted by Crippen LogP contribution is 2.33. The Morgan fingerprint density at radius 3 is 2.96 bits per heavy atom. The first-order chi connectivity index (χ1) is 12.5. The quantitative estimate of drug-likeness (QED) is 0.588. The van der Waals surface area contributed by atoms with Crippen LogP contribution in [0.25, 0.3) is 11.2 Å². The minimum Gasteiger partial charge on any atom is -0.455 e. The minimum absolute atomic E-state index is 0.137. The normalized spacial score (nSPS) is 31.4. The number of aromatic nitrogens is 4. The average Bonchev–Trinajstić information content (AvgIpc) is 3.31. The van der Waals surface area contributed by atoms with Crippen LogP contribution >= 0.6 is 0 Å². The number of anilines is 1. The van der Waals surface area contributed by atoms with Gasteiger partial charge in [0.2, 0.25) is 0 Å². The van der Waals surface area contributed by atoms with Crippen molar-refractivity contribution in [3.05, 3.63) is 12.7 Å². The van der Waals surface area contributed by atoms with Crippen LogP contribution in [0.3, 0.4) is 0 Å². The molecule has 2 fully saturated rings. The molecule has 4 rings (SSSR count). The lowest BCUT2D eigenvalue weighted by Crippen LogP contribution is -2.35. The van der Waals surface area contributed by atoms with Crippen LogP contribution < -0.4 is 5.32 Å². The van der Waals surface area contributed by atoms with Gasteiger partial charge in [0.25, 0.3) is 0 Å². The van der Waals surface area contributed by atoms with E-state index in [1.165, 1.54) is 24.1 Å². The van der Waals surface area contributed by atoms with Gasteiger partial charge in [-0.05, 0) is 6.42 Å². The Hall–Kier alpha value is -2.34. The molecule has 2 aliphatic heterocycles. The van der Waals surface area contributed by atoms with Gasteiger partial charge in [0.1, 0.15) is 12.4 Å². The average molecular weight is 365 g/mol. The number of nitrogens with zero attached hydrogens (tertiary/aromatic N) is 4. The van der Waals surface area contributed by atoms with Crippen LogP contribution in [0.15, 0.2) is 12.7 Å². The summed E-state index contributed by atoms with van der Waals surface area (Å²) in [7, 11) is 0. The van der Waals surface area contributed by atoms with Crippen LogP contribution in [0.5, 0.6) is 0 Å². The third-order valence-electron chi connectivity index (χ3n) is 4.39. The van der Waals surface area contributed by atoms with E-state index in [2.05, 4.69) is 20.3 Å². The largest absolute Gasteiger partial charge is 0.455 e. The molecule has 11 heteroatoms. The number of fused-ring (bicyclic) bond motifs is 1. The van der Waals surface area contributed by atoms with Gasteiger partial charge in [-0.15, -0.1) is 0 Å². The first kappa shape index (κ1) is 17.1. The molecule has 0 spiro atoms. The van der Waals surface area contributed by atoms with Gasteiger partial charge < -0.3 is 29.7 Å². The molecular formula is C15H19N5O6. The van der Waals surface area contributed by atoms with Gasteiger partial charge in [0.15, 0.2) is 35.6 Å². The Kier molecular flexibility index (Phi) is 4.44. The number of aliphatic hydroxyl groups is 2. The van der Waals surface area contributed by atoms with Crippen molar-refractivity contribution in [2.75, 3.05) is 18.5 Å². The molecule has 2 aromatic rings. The van der Waals surface area contributed by atoms with Crippen molar-refractivity contribution >= 4 is 23.0 Å². The van der Waals surface area contributed by atoms with Gasteiger partial charge in [-0.2, -0.15) is 0 Å². The SMILES string of the molecule is CC(=O)O[C@@H]1[C@H](O)[C@@H](O)O[C@H]1n1cnc2c(N[C@@H]3CCOC3)ncnc21. The summed E-state index contributed by atoms with van der Waals surface area (Å²) >= 11 is 0. The molecule has 0 aromatic carbocycles. The van der Waals surface area contributed by atoms with Gasteiger partial charge >= 0.3 is 5.97 Å². The fourth-order valence-corrected chi connectivity index (χ4v) is 3.16. The lowest BCUT2D eigenvalue weighted by atomic mass is 10.2.